The molecule has 5 heteroatoms. The van der Waals surface area contributed by atoms with Crippen LogP contribution in [0.5, 0.6) is 5.75 Å². The second-order valence-corrected chi connectivity index (χ2v) is 5.66. The molecule has 0 spiro atoms. The number of hydrogen-bond donors (Lipinski definition) is 1. The van der Waals surface area contributed by atoms with Crippen molar-refractivity contribution in [2.45, 2.75) is 19.6 Å². The first kappa shape index (κ1) is 17.5. The van der Waals surface area contributed by atoms with Gasteiger partial charge in [0.05, 0.1) is 5.56 Å². The van der Waals surface area contributed by atoms with Gasteiger partial charge in [-0.2, -0.15) is 0 Å². The first-order chi connectivity index (χ1) is 11.5. The number of nitrogens with zero attached hydrogens (tertiary/aromatic N) is 1. The molecule has 24 heavy (non-hydrogen) atoms. The minimum atomic E-state index is -0.664. The largest absolute Gasteiger partial charge is 0.480 e. The summed E-state index contributed by atoms with van der Waals surface area (Å²) in [6.45, 7) is 2.10. The third-order valence-electron chi connectivity index (χ3n) is 3.52. The van der Waals surface area contributed by atoms with Crippen LogP contribution in [-0.2, 0) is 11.3 Å². The Kier molecular flexibility index (Phi) is 5.95. The maximum atomic E-state index is 12.4. The van der Waals surface area contributed by atoms with Crippen molar-refractivity contribution < 1.29 is 14.3 Å². The van der Waals surface area contributed by atoms with Gasteiger partial charge in [-0.05, 0) is 24.6 Å². The van der Waals surface area contributed by atoms with Gasteiger partial charge in [0.2, 0.25) is 0 Å². The Labute approximate surface area is 142 Å². The minimum absolute atomic E-state index is 0.158. The molecule has 5 nitrogen and oxygen atoms in total. The molecule has 1 N–H and O–H groups in total. The quantitative estimate of drug-likeness (QED) is 0.887. The Morgan fingerprint density at radius 1 is 1.04 bits per heavy atom. The fourth-order valence-electron chi connectivity index (χ4n) is 2.23. The third kappa shape index (κ3) is 4.59. The number of carbonyl (C=O) groups is 2. The van der Waals surface area contributed by atoms with Crippen LogP contribution in [0.3, 0.4) is 0 Å². The molecule has 126 valence electrons. The topological polar surface area (TPSA) is 58.6 Å². The Morgan fingerprint density at radius 3 is 2.33 bits per heavy atom. The molecule has 0 unspecified atom stereocenters. The smallest absolute Gasteiger partial charge is 0.262 e. The summed E-state index contributed by atoms with van der Waals surface area (Å²) in [5.74, 6) is -0.000728. The number of hydrogen-bond acceptors (Lipinski definition) is 3. The highest BCUT2D eigenvalue weighted by atomic mass is 16.5. The highest BCUT2D eigenvalue weighted by molar-refractivity contribution is 5.97. The summed E-state index contributed by atoms with van der Waals surface area (Å²) >= 11 is 0. The molecule has 0 heterocycles. The number of carbonyl (C=O) groups excluding carboxylic acids is 2. The highest BCUT2D eigenvalue weighted by Crippen LogP contribution is 2.20. The molecule has 0 aliphatic carbocycles. The van der Waals surface area contributed by atoms with E-state index in [4.69, 9.17) is 4.74 Å². The van der Waals surface area contributed by atoms with Crippen molar-refractivity contribution in [1.29, 1.82) is 0 Å². The molecule has 0 radical (unpaired) electrons. The number of nitrogens with one attached hydrogen (secondary N) is 1. The molecule has 0 saturated heterocycles. The van der Waals surface area contributed by atoms with E-state index in [1.54, 1.807) is 45.3 Å². The van der Waals surface area contributed by atoms with E-state index in [0.717, 1.165) is 5.56 Å². The van der Waals surface area contributed by atoms with Crippen molar-refractivity contribution in [3.8, 4) is 5.75 Å². The van der Waals surface area contributed by atoms with Crippen LogP contribution in [-0.4, -0.2) is 36.9 Å². The summed E-state index contributed by atoms with van der Waals surface area (Å²) < 4.78 is 5.69. The molecule has 2 rings (SSSR count). The summed E-state index contributed by atoms with van der Waals surface area (Å²) in [7, 11) is 3.33. The van der Waals surface area contributed by atoms with Gasteiger partial charge in [-0.15, -0.1) is 0 Å². The molecule has 0 aliphatic heterocycles. The normalized spacial score (nSPS) is 11.5. The summed E-state index contributed by atoms with van der Waals surface area (Å²) in [5.41, 5.74) is 1.42. The molecule has 0 aliphatic rings. The first-order valence-corrected chi connectivity index (χ1v) is 7.78. The summed E-state index contributed by atoms with van der Waals surface area (Å²) in [5, 5.41) is 2.87. The Hall–Kier alpha value is -2.82. The second-order valence-electron chi connectivity index (χ2n) is 5.66. The van der Waals surface area contributed by atoms with Crippen molar-refractivity contribution in [2.75, 3.05) is 14.1 Å². The van der Waals surface area contributed by atoms with E-state index in [-0.39, 0.29) is 11.8 Å². The standard InChI is InChI=1S/C19H22N2O3/c1-14(19(23)21(2)3)24-17-12-8-7-11-16(17)18(22)20-13-15-9-5-4-6-10-15/h4-12,14H,13H2,1-3H3,(H,20,22)/t14-/m1/s1. The van der Waals surface area contributed by atoms with Gasteiger partial charge >= 0.3 is 0 Å². The van der Waals surface area contributed by atoms with Gasteiger partial charge in [-0.25, -0.2) is 0 Å². The van der Waals surface area contributed by atoms with Crippen LogP contribution in [0.15, 0.2) is 54.6 Å². The van der Waals surface area contributed by atoms with E-state index in [1.807, 2.05) is 30.3 Å². The third-order valence-corrected chi connectivity index (χ3v) is 3.52. The average molecular weight is 326 g/mol. The molecule has 0 bridgehead atoms. The Bertz CT molecular complexity index is 699. The number of para-hydroxylation sites is 1. The van der Waals surface area contributed by atoms with Crippen molar-refractivity contribution >= 4 is 11.8 Å². The zero-order valence-corrected chi connectivity index (χ0v) is 14.2. The number of benzene rings is 2. The number of amides is 2. The van der Waals surface area contributed by atoms with Gasteiger partial charge in [0.1, 0.15) is 5.75 Å². The number of ether oxygens (including phenoxy) is 1. The molecule has 0 saturated carbocycles. The van der Waals surface area contributed by atoms with Crippen LogP contribution >= 0.6 is 0 Å². The van der Waals surface area contributed by atoms with E-state index < -0.39 is 6.10 Å². The number of rotatable bonds is 6. The summed E-state index contributed by atoms with van der Waals surface area (Å²) in [6.07, 6.45) is -0.664. The van der Waals surface area contributed by atoms with E-state index in [1.165, 1.54) is 4.90 Å². The lowest BCUT2D eigenvalue weighted by molar-refractivity contribution is -0.135. The fraction of sp³-hybridized carbons (Fsp3) is 0.263. The first-order valence-electron chi connectivity index (χ1n) is 7.78. The molecule has 0 aromatic heterocycles. The van der Waals surface area contributed by atoms with E-state index in [2.05, 4.69) is 5.32 Å². The Balaban J connectivity index is 2.07. The van der Waals surface area contributed by atoms with Crippen molar-refractivity contribution in [2.24, 2.45) is 0 Å². The fourth-order valence-corrected chi connectivity index (χ4v) is 2.23. The molecule has 2 aromatic rings. The van der Waals surface area contributed by atoms with Crippen LogP contribution in [0, 0.1) is 0 Å². The molecule has 2 amide bonds. The van der Waals surface area contributed by atoms with Crippen molar-refractivity contribution in [1.82, 2.24) is 10.2 Å². The van der Waals surface area contributed by atoms with Crippen LogP contribution in [0.1, 0.15) is 22.8 Å². The maximum absolute atomic E-state index is 12.4. The minimum Gasteiger partial charge on any atom is -0.480 e. The van der Waals surface area contributed by atoms with Gasteiger partial charge < -0.3 is 15.0 Å². The maximum Gasteiger partial charge on any atom is 0.262 e. The van der Waals surface area contributed by atoms with Crippen molar-refractivity contribution in [3.63, 3.8) is 0 Å². The monoisotopic (exact) mass is 326 g/mol. The second kappa shape index (κ2) is 8.15. The predicted octanol–water partition coefficient (Wildman–Crippen LogP) is 2.47. The SMILES string of the molecule is C[C@@H](Oc1ccccc1C(=O)NCc1ccccc1)C(=O)N(C)C. The number of likely N-dealkylation sites (N-methyl/N-ethyl adjacent to an activating group) is 1. The summed E-state index contributed by atoms with van der Waals surface area (Å²) in [6, 6.07) is 16.6. The van der Waals surface area contributed by atoms with E-state index >= 15 is 0 Å². The molecule has 2 aromatic carbocycles. The van der Waals surface area contributed by atoms with E-state index in [9.17, 15) is 9.59 Å². The average Bonchev–Trinajstić information content (AvgIpc) is 2.60. The predicted molar refractivity (Wildman–Crippen MR) is 92.8 cm³/mol. The molecular weight excluding hydrogens is 304 g/mol. The Morgan fingerprint density at radius 2 is 1.67 bits per heavy atom. The summed E-state index contributed by atoms with van der Waals surface area (Å²) in [4.78, 5) is 25.8. The molecular formula is C19H22N2O3. The van der Waals surface area contributed by atoms with Gasteiger partial charge in [0.25, 0.3) is 11.8 Å². The van der Waals surface area contributed by atoms with E-state index in [0.29, 0.717) is 17.9 Å². The van der Waals surface area contributed by atoms with Gasteiger partial charge in [0.15, 0.2) is 6.10 Å². The lowest BCUT2D eigenvalue weighted by Crippen LogP contribution is -2.35. The zero-order valence-electron chi connectivity index (χ0n) is 14.2. The lowest BCUT2D eigenvalue weighted by atomic mass is 10.1. The van der Waals surface area contributed by atoms with Crippen molar-refractivity contribution in [3.05, 3.63) is 65.7 Å². The van der Waals surface area contributed by atoms with Crippen LogP contribution < -0.4 is 10.1 Å². The highest BCUT2D eigenvalue weighted by Gasteiger charge is 2.19. The van der Waals surface area contributed by atoms with Gasteiger partial charge in [-0.1, -0.05) is 42.5 Å². The molecule has 0 fully saturated rings. The van der Waals surface area contributed by atoms with Gasteiger partial charge in [-0.3, -0.25) is 9.59 Å². The zero-order chi connectivity index (χ0) is 17.5. The lowest BCUT2D eigenvalue weighted by Gasteiger charge is -2.19. The van der Waals surface area contributed by atoms with Gasteiger partial charge in [0, 0.05) is 20.6 Å². The van der Waals surface area contributed by atoms with Crippen LogP contribution in [0.25, 0.3) is 0 Å². The van der Waals surface area contributed by atoms with Crippen LogP contribution in [0.4, 0.5) is 0 Å². The van der Waals surface area contributed by atoms with Crippen LogP contribution in [0.2, 0.25) is 0 Å². The molecule has 1 atom stereocenters.